The zero-order valence-electron chi connectivity index (χ0n) is 21.3. The number of benzene rings is 6. The van der Waals surface area contributed by atoms with E-state index in [-0.39, 0.29) is 6.71 Å². The summed E-state index contributed by atoms with van der Waals surface area (Å²) in [6, 6.07) is 51.3. The van der Waals surface area contributed by atoms with Crippen LogP contribution in [0.1, 0.15) is 0 Å². The van der Waals surface area contributed by atoms with E-state index in [0.29, 0.717) is 0 Å². The molecular weight excluding hydrogens is 471 g/mol. The van der Waals surface area contributed by atoms with Crippen LogP contribution in [0.25, 0.3) is 55.0 Å². The van der Waals surface area contributed by atoms with E-state index in [0.717, 1.165) is 0 Å². The highest BCUT2D eigenvalue weighted by molar-refractivity contribution is 6.96. The van der Waals surface area contributed by atoms with E-state index in [9.17, 15) is 0 Å². The first-order valence-electron chi connectivity index (χ1n) is 13.6. The van der Waals surface area contributed by atoms with Crippen LogP contribution in [0.4, 0.5) is 0 Å². The highest BCUT2D eigenvalue weighted by atomic mass is 15.0. The van der Waals surface area contributed by atoms with Gasteiger partial charge in [0, 0.05) is 32.9 Å². The van der Waals surface area contributed by atoms with Crippen molar-refractivity contribution in [1.82, 2.24) is 9.13 Å². The number of para-hydroxylation sites is 4. The lowest BCUT2D eigenvalue weighted by Crippen LogP contribution is -2.54. The zero-order chi connectivity index (χ0) is 25.5. The minimum Gasteiger partial charge on any atom is -0.308 e. The number of rotatable bonds is 1. The third-order valence-corrected chi connectivity index (χ3v) is 8.58. The summed E-state index contributed by atoms with van der Waals surface area (Å²) in [4.78, 5) is 0. The Morgan fingerprint density at radius 1 is 0.359 bits per heavy atom. The summed E-state index contributed by atoms with van der Waals surface area (Å²) < 4.78 is 5.05. The first-order valence-corrected chi connectivity index (χ1v) is 13.6. The largest absolute Gasteiger partial charge is 0.308 e. The van der Waals surface area contributed by atoms with Crippen molar-refractivity contribution in [2.45, 2.75) is 0 Å². The molecule has 0 unspecified atom stereocenters. The molecule has 1 aliphatic heterocycles. The van der Waals surface area contributed by atoms with Crippen molar-refractivity contribution in [2.75, 3.05) is 0 Å². The predicted octanol–water partition coefficient (Wildman–Crippen LogP) is 6.71. The molecule has 0 bridgehead atoms. The van der Waals surface area contributed by atoms with Gasteiger partial charge in [-0.3, -0.25) is 0 Å². The van der Waals surface area contributed by atoms with Gasteiger partial charge >= 0.3 is 0 Å². The normalized spacial score (nSPS) is 12.6. The van der Waals surface area contributed by atoms with Crippen LogP contribution in [0.2, 0.25) is 0 Å². The maximum atomic E-state index is 2.53. The molecule has 8 aromatic rings. The Morgan fingerprint density at radius 3 is 1.33 bits per heavy atom. The van der Waals surface area contributed by atoms with Gasteiger partial charge in [-0.25, -0.2) is 0 Å². The van der Waals surface area contributed by atoms with E-state index >= 15 is 0 Å². The second kappa shape index (κ2) is 7.75. The topological polar surface area (TPSA) is 9.86 Å². The third kappa shape index (κ3) is 2.72. The average molecular weight is 494 g/mol. The van der Waals surface area contributed by atoms with Gasteiger partial charge in [0.2, 0.25) is 6.71 Å². The van der Waals surface area contributed by atoms with E-state index in [4.69, 9.17) is 0 Å². The van der Waals surface area contributed by atoms with E-state index in [1.807, 2.05) is 0 Å². The number of nitrogens with zero attached hydrogens (tertiary/aromatic N) is 2. The van der Waals surface area contributed by atoms with Crippen LogP contribution < -0.4 is 16.4 Å². The Kier molecular flexibility index (Phi) is 4.17. The second-order valence-corrected chi connectivity index (χ2v) is 10.5. The first-order chi connectivity index (χ1) is 19.4. The van der Waals surface area contributed by atoms with Crippen molar-refractivity contribution in [1.29, 1.82) is 0 Å². The lowest BCUT2D eigenvalue weighted by molar-refractivity contribution is 1.16. The molecule has 9 rings (SSSR count). The number of fused-ring (bicyclic) bond motifs is 10. The molecule has 0 radical (unpaired) electrons. The average Bonchev–Trinajstić information content (AvgIpc) is 3.52. The second-order valence-electron chi connectivity index (χ2n) is 10.5. The molecule has 6 aromatic carbocycles. The van der Waals surface area contributed by atoms with Gasteiger partial charge in [0.05, 0.1) is 22.1 Å². The molecule has 0 saturated carbocycles. The first kappa shape index (κ1) is 21.0. The van der Waals surface area contributed by atoms with Gasteiger partial charge in [-0.15, -0.1) is 0 Å². The van der Waals surface area contributed by atoms with Crippen molar-refractivity contribution in [3.63, 3.8) is 0 Å². The highest BCUT2D eigenvalue weighted by Gasteiger charge is 2.31. The summed E-state index contributed by atoms with van der Waals surface area (Å²) in [5, 5.41) is 5.14. The Balaban J connectivity index is 1.63. The van der Waals surface area contributed by atoms with Crippen LogP contribution in [0.5, 0.6) is 0 Å². The summed E-state index contributed by atoms with van der Waals surface area (Å²) in [5.74, 6) is 0. The van der Waals surface area contributed by atoms with Gasteiger partial charge < -0.3 is 9.13 Å². The minimum absolute atomic E-state index is 0.0698. The SMILES string of the molecule is c1ccc(B2c3ccccc3-n3c4ccccc4c4ccc5c6ccccc6n(c5c43)-c3ccccc32)cc1. The van der Waals surface area contributed by atoms with Gasteiger partial charge in [-0.2, -0.15) is 0 Å². The number of hydrogen-bond donors (Lipinski definition) is 0. The number of aromatic nitrogens is 2. The monoisotopic (exact) mass is 494 g/mol. The standard InChI is InChI=1S/C36H23BN2/c1-2-12-24(13-3-1)37-29-16-6-10-20-33(29)38-31-18-8-4-14-25(31)27-22-23-28-26-15-5-9-19-32(26)39(36(28)35(27)38)34-21-11-7-17-30(34)37/h1-23H. The van der Waals surface area contributed by atoms with Crippen LogP contribution in [0, 0.1) is 0 Å². The van der Waals surface area contributed by atoms with Gasteiger partial charge in [0.25, 0.3) is 0 Å². The molecule has 0 amide bonds. The van der Waals surface area contributed by atoms with Crippen molar-refractivity contribution in [3.05, 3.63) is 140 Å². The molecule has 2 nitrogen and oxygen atoms in total. The Hall–Kier alpha value is -5.02. The van der Waals surface area contributed by atoms with E-state index in [1.165, 1.54) is 71.4 Å². The van der Waals surface area contributed by atoms with Crippen molar-refractivity contribution in [3.8, 4) is 11.4 Å². The van der Waals surface area contributed by atoms with Crippen molar-refractivity contribution in [2.24, 2.45) is 0 Å². The van der Waals surface area contributed by atoms with Gasteiger partial charge in [0.1, 0.15) is 0 Å². The van der Waals surface area contributed by atoms with E-state index in [1.54, 1.807) is 0 Å². The fraction of sp³-hybridized carbons (Fsp3) is 0. The molecule has 3 heterocycles. The van der Waals surface area contributed by atoms with Gasteiger partial charge in [0.15, 0.2) is 0 Å². The van der Waals surface area contributed by atoms with Crippen molar-refractivity contribution < 1.29 is 0 Å². The molecular formula is C36H23BN2. The predicted molar refractivity (Wildman–Crippen MR) is 166 cm³/mol. The van der Waals surface area contributed by atoms with Crippen LogP contribution in [-0.4, -0.2) is 15.8 Å². The van der Waals surface area contributed by atoms with Crippen LogP contribution >= 0.6 is 0 Å². The molecule has 2 aromatic heterocycles. The van der Waals surface area contributed by atoms with Gasteiger partial charge in [-0.1, -0.05) is 121 Å². The quantitative estimate of drug-likeness (QED) is 0.225. The molecule has 39 heavy (non-hydrogen) atoms. The summed E-state index contributed by atoms with van der Waals surface area (Å²) in [5.41, 5.74) is 11.4. The lowest BCUT2D eigenvalue weighted by atomic mass is 9.36. The summed E-state index contributed by atoms with van der Waals surface area (Å²) in [7, 11) is 0. The third-order valence-electron chi connectivity index (χ3n) is 8.58. The van der Waals surface area contributed by atoms with E-state index < -0.39 is 0 Å². The maximum Gasteiger partial charge on any atom is 0.246 e. The smallest absolute Gasteiger partial charge is 0.246 e. The molecule has 0 saturated heterocycles. The van der Waals surface area contributed by atoms with E-state index in [2.05, 4.69) is 149 Å². The number of hydrogen-bond acceptors (Lipinski definition) is 0. The zero-order valence-corrected chi connectivity index (χ0v) is 21.3. The molecule has 0 fully saturated rings. The molecule has 1 aliphatic rings. The maximum absolute atomic E-state index is 2.53. The fourth-order valence-electron chi connectivity index (χ4n) is 7.04. The van der Waals surface area contributed by atoms with Gasteiger partial charge in [-0.05, 0) is 35.2 Å². The molecule has 0 spiro atoms. The molecule has 0 N–H and O–H groups in total. The van der Waals surface area contributed by atoms with Crippen LogP contribution in [0.15, 0.2) is 140 Å². The Morgan fingerprint density at radius 2 is 0.795 bits per heavy atom. The molecule has 180 valence electrons. The Labute approximate surface area is 226 Å². The molecule has 3 heteroatoms. The highest BCUT2D eigenvalue weighted by Crippen LogP contribution is 2.41. The van der Waals surface area contributed by atoms with Crippen LogP contribution in [0.3, 0.4) is 0 Å². The Bertz CT molecular complexity index is 2100. The molecule has 0 aliphatic carbocycles. The fourth-order valence-corrected chi connectivity index (χ4v) is 7.04. The minimum atomic E-state index is 0.0698. The summed E-state index contributed by atoms with van der Waals surface area (Å²) in [6.45, 7) is 0.0698. The van der Waals surface area contributed by atoms with Crippen LogP contribution in [-0.2, 0) is 0 Å². The molecule has 0 atom stereocenters. The summed E-state index contributed by atoms with van der Waals surface area (Å²) in [6.07, 6.45) is 0. The lowest BCUT2D eigenvalue weighted by Gasteiger charge is -2.22. The van der Waals surface area contributed by atoms with Crippen molar-refractivity contribution >= 4 is 66.7 Å². The summed E-state index contributed by atoms with van der Waals surface area (Å²) >= 11 is 0.